The van der Waals surface area contributed by atoms with Gasteiger partial charge in [-0.25, -0.2) is 14.6 Å². The molecule has 214 valence electrons. The van der Waals surface area contributed by atoms with E-state index in [0.717, 1.165) is 55.0 Å². The number of aryl methyl sites for hydroxylation is 2. The number of carbonyl (C=O) groups excluding carboxylic acids is 2. The molecule has 2 amide bonds. The lowest BCUT2D eigenvalue weighted by molar-refractivity contribution is -0.118. The molecule has 0 spiro atoms. The fourth-order valence-corrected chi connectivity index (χ4v) is 5.25. The van der Waals surface area contributed by atoms with Crippen molar-refractivity contribution in [3.05, 3.63) is 69.4 Å². The number of hydrogen-bond acceptors (Lipinski definition) is 7. The number of aromatic nitrogens is 5. The Morgan fingerprint density at radius 1 is 1.15 bits per heavy atom. The number of hydrogen-bond donors (Lipinski definition) is 2. The average Bonchev–Trinajstić information content (AvgIpc) is 3.41. The molecule has 0 atom stereocenters. The Labute approximate surface area is 238 Å². The van der Waals surface area contributed by atoms with E-state index in [1.54, 1.807) is 28.0 Å². The molecule has 1 aliphatic heterocycles. The van der Waals surface area contributed by atoms with Crippen LogP contribution in [0.4, 0.5) is 5.82 Å². The largest absolute Gasteiger partial charge is 0.353 e. The van der Waals surface area contributed by atoms with Gasteiger partial charge in [-0.2, -0.15) is 5.10 Å². The first-order valence-corrected chi connectivity index (χ1v) is 14.1. The number of amides is 2. The van der Waals surface area contributed by atoms with Crippen molar-refractivity contribution in [2.45, 2.75) is 53.1 Å². The number of nitrogens with zero attached hydrogens (tertiary/aromatic N) is 6. The number of H-pyrrole nitrogens is 1. The van der Waals surface area contributed by atoms with Crippen LogP contribution in [0.1, 0.15) is 60.4 Å². The van der Waals surface area contributed by atoms with Crippen molar-refractivity contribution < 1.29 is 9.59 Å². The number of piperazine rings is 1. The molecule has 0 unspecified atom stereocenters. The van der Waals surface area contributed by atoms with E-state index >= 15 is 0 Å². The van der Waals surface area contributed by atoms with Gasteiger partial charge in [0.2, 0.25) is 6.41 Å². The molecule has 0 saturated carbocycles. The topological polar surface area (TPSA) is 129 Å². The van der Waals surface area contributed by atoms with Crippen LogP contribution in [-0.4, -0.2) is 68.1 Å². The zero-order valence-corrected chi connectivity index (χ0v) is 24.0. The average molecular weight is 557 g/mol. The summed E-state index contributed by atoms with van der Waals surface area (Å²) in [7, 11) is 0. The SMILES string of the molecule is CCCc1cc(C)[nH]c(=O)c1CNC(=O)c1cc(-c2ccc(N3CCN(C=O)CC3)nc2)nc2c1cnn2C(C)C. The summed E-state index contributed by atoms with van der Waals surface area (Å²) < 4.78 is 1.80. The molecule has 2 N–H and O–H groups in total. The lowest BCUT2D eigenvalue weighted by Crippen LogP contribution is -2.46. The zero-order valence-electron chi connectivity index (χ0n) is 24.0. The Kier molecular flexibility index (Phi) is 8.14. The van der Waals surface area contributed by atoms with Crippen LogP contribution in [0.5, 0.6) is 0 Å². The highest BCUT2D eigenvalue weighted by molar-refractivity contribution is 6.06. The minimum atomic E-state index is -0.304. The van der Waals surface area contributed by atoms with Crippen LogP contribution < -0.4 is 15.8 Å². The number of nitrogens with one attached hydrogen (secondary N) is 2. The summed E-state index contributed by atoms with van der Waals surface area (Å²) in [6.07, 6.45) is 5.97. The Hall–Kier alpha value is -4.54. The van der Waals surface area contributed by atoms with Crippen molar-refractivity contribution in [1.29, 1.82) is 0 Å². The standard InChI is InChI=1S/C30H36N8O3/c1-5-6-21-13-20(4)34-30(41)24(21)16-32-29(40)23-14-26(35-28-25(23)17-33-38(28)19(2)3)22-7-8-27(31-15-22)37-11-9-36(18-39)10-12-37/h7-8,13-15,17-19H,5-6,9-12,16H2,1-4H3,(H,32,40)(H,34,41). The summed E-state index contributed by atoms with van der Waals surface area (Å²) in [4.78, 5) is 53.7. The van der Waals surface area contributed by atoms with Crippen molar-refractivity contribution >= 4 is 29.2 Å². The number of pyridine rings is 3. The van der Waals surface area contributed by atoms with Crippen molar-refractivity contribution in [3.63, 3.8) is 0 Å². The van der Waals surface area contributed by atoms with Gasteiger partial charge < -0.3 is 20.1 Å². The molecule has 1 aliphatic rings. The van der Waals surface area contributed by atoms with Crippen LogP contribution in [0.15, 0.2) is 41.5 Å². The van der Waals surface area contributed by atoms with E-state index in [9.17, 15) is 14.4 Å². The molecular formula is C30H36N8O3. The third-order valence-electron chi connectivity index (χ3n) is 7.44. The van der Waals surface area contributed by atoms with Crippen LogP contribution in [0, 0.1) is 6.92 Å². The molecule has 0 bridgehead atoms. The van der Waals surface area contributed by atoms with Gasteiger partial charge >= 0.3 is 0 Å². The minimum Gasteiger partial charge on any atom is -0.353 e. The Morgan fingerprint density at radius 2 is 1.93 bits per heavy atom. The summed E-state index contributed by atoms with van der Waals surface area (Å²) in [6, 6.07) is 7.66. The van der Waals surface area contributed by atoms with Crippen molar-refractivity contribution in [2.75, 3.05) is 31.1 Å². The third kappa shape index (κ3) is 5.84. The van der Waals surface area contributed by atoms with Crippen LogP contribution in [-0.2, 0) is 17.8 Å². The maximum Gasteiger partial charge on any atom is 0.253 e. The lowest BCUT2D eigenvalue weighted by Gasteiger charge is -2.33. The molecule has 4 aromatic heterocycles. The normalized spacial score (nSPS) is 13.7. The van der Waals surface area contributed by atoms with Crippen molar-refractivity contribution in [2.24, 2.45) is 0 Å². The number of anilines is 1. The van der Waals surface area contributed by atoms with Crippen LogP contribution in [0.3, 0.4) is 0 Å². The first kappa shape index (κ1) is 28.0. The molecule has 0 aliphatic carbocycles. The number of carbonyl (C=O) groups is 2. The molecule has 11 nitrogen and oxygen atoms in total. The van der Waals surface area contributed by atoms with Gasteiger partial charge in [-0.15, -0.1) is 0 Å². The van der Waals surface area contributed by atoms with E-state index < -0.39 is 0 Å². The van der Waals surface area contributed by atoms with Gasteiger partial charge in [0.05, 0.1) is 22.8 Å². The third-order valence-corrected chi connectivity index (χ3v) is 7.44. The number of fused-ring (bicyclic) bond motifs is 1. The summed E-state index contributed by atoms with van der Waals surface area (Å²) in [5.41, 5.74) is 4.56. The maximum atomic E-state index is 13.6. The summed E-state index contributed by atoms with van der Waals surface area (Å²) in [5, 5.41) is 8.12. The van der Waals surface area contributed by atoms with E-state index in [1.165, 1.54) is 0 Å². The summed E-state index contributed by atoms with van der Waals surface area (Å²) >= 11 is 0. The summed E-state index contributed by atoms with van der Waals surface area (Å²) in [6.45, 7) is 10.8. The van der Waals surface area contributed by atoms with E-state index in [0.29, 0.717) is 40.9 Å². The fraction of sp³-hybridized carbons (Fsp3) is 0.400. The molecule has 5 heterocycles. The Morgan fingerprint density at radius 3 is 2.59 bits per heavy atom. The van der Waals surface area contributed by atoms with E-state index in [2.05, 4.69) is 32.2 Å². The second-order valence-corrected chi connectivity index (χ2v) is 10.7. The van der Waals surface area contributed by atoms with Crippen molar-refractivity contribution in [1.82, 2.24) is 34.9 Å². The maximum absolute atomic E-state index is 13.6. The van der Waals surface area contributed by atoms with Gasteiger partial charge in [0.15, 0.2) is 5.65 Å². The first-order valence-electron chi connectivity index (χ1n) is 14.1. The molecular weight excluding hydrogens is 520 g/mol. The fourth-order valence-electron chi connectivity index (χ4n) is 5.25. The van der Waals surface area contributed by atoms with Crippen LogP contribution in [0.25, 0.3) is 22.3 Å². The minimum absolute atomic E-state index is 0.0411. The van der Waals surface area contributed by atoms with Gasteiger partial charge in [-0.1, -0.05) is 13.3 Å². The van der Waals surface area contributed by atoms with Crippen molar-refractivity contribution in [3.8, 4) is 11.3 Å². The second kappa shape index (κ2) is 11.9. The number of rotatable bonds is 9. The smallest absolute Gasteiger partial charge is 0.253 e. The highest BCUT2D eigenvalue weighted by Crippen LogP contribution is 2.27. The highest BCUT2D eigenvalue weighted by atomic mass is 16.2. The molecule has 5 rings (SSSR count). The predicted octanol–water partition coefficient (Wildman–Crippen LogP) is 3.23. The van der Waals surface area contributed by atoms with Gasteiger partial charge in [-0.05, 0) is 57.0 Å². The van der Waals surface area contributed by atoms with Gasteiger partial charge in [0, 0.05) is 61.8 Å². The van der Waals surface area contributed by atoms with Crippen LogP contribution in [0.2, 0.25) is 0 Å². The first-order chi connectivity index (χ1) is 19.8. The molecule has 1 fully saturated rings. The molecule has 0 aromatic carbocycles. The molecule has 0 radical (unpaired) electrons. The molecule has 1 saturated heterocycles. The Bertz CT molecular complexity index is 1620. The quantitative estimate of drug-likeness (QED) is 0.303. The van der Waals surface area contributed by atoms with E-state index in [1.807, 2.05) is 39.0 Å². The molecule has 4 aromatic rings. The zero-order chi connectivity index (χ0) is 29.1. The van der Waals surface area contributed by atoms with Gasteiger partial charge in [0.25, 0.3) is 11.5 Å². The van der Waals surface area contributed by atoms with Gasteiger partial charge in [0.1, 0.15) is 5.82 Å². The number of aromatic amines is 1. The lowest BCUT2D eigenvalue weighted by atomic mass is 10.0. The molecule has 41 heavy (non-hydrogen) atoms. The Balaban J connectivity index is 1.46. The highest BCUT2D eigenvalue weighted by Gasteiger charge is 2.21. The van der Waals surface area contributed by atoms with E-state index in [-0.39, 0.29) is 24.1 Å². The summed E-state index contributed by atoms with van der Waals surface area (Å²) in [5.74, 6) is 0.527. The molecule has 11 heteroatoms. The van der Waals surface area contributed by atoms with E-state index in [4.69, 9.17) is 4.98 Å². The predicted molar refractivity (Wildman–Crippen MR) is 158 cm³/mol. The monoisotopic (exact) mass is 556 g/mol. The van der Waals surface area contributed by atoms with Gasteiger partial charge in [-0.3, -0.25) is 14.4 Å². The second-order valence-electron chi connectivity index (χ2n) is 10.7. The van der Waals surface area contributed by atoms with Crippen LogP contribution >= 0.6 is 0 Å².